The van der Waals surface area contributed by atoms with Crippen molar-refractivity contribution in [3.63, 3.8) is 0 Å². The predicted molar refractivity (Wildman–Crippen MR) is 95.6 cm³/mol. The van der Waals surface area contributed by atoms with E-state index in [-0.39, 0.29) is 23.6 Å². The molecule has 2 heterocycles. The minimum atomic E-state index is -0.257. The van der Waals surface area contributed by atoms with Crippen molar-refractivity contribution >= 4 is 23.4 Å². The molecule has 1 aromatic heterocycles. The number of aryl methyl sites for hydroxylation is 1. The summed E-state index contributed by atoms with van der Waals surface area (Å²) in [5.41, 5.74) is 1.76. The molecule has 132 valence electrons. The highest BCUT2D eigenvalue weighted by Crippen LogP contribution is 2.18. The molecule has 0 aliphatic carbocycles. The highest BCUT2D eigenvalue weighted by Gasteiger charge is 2.26. The van der Waals surface area contributed by atoms with Gasteiger partial charge in [-0.25, -0.2) is 0 Å². The number of rotatable bonds is 4. The first-order valence-electron chi connectivity index (χ1n) is 8.36. The molecule has 1 aliphatic heterocycles. The lowest BCUT2D eigenvalue weighted by Crippen LogP contribution is -2.31. The van der Waals surface area contributed by atoms with Crippen LogP contribution in [-0.2, 0) is 13.1 Å². The Balaban J connectivity index is 1.80. The van der Waals surface area contributed by atoms with Gasteiger partial charge in [-0.15, -0.1) is 0 Å². The maximum absolute atomic E-state index is 12.9. The number of nitrogens with one attached hydrogen (secondary N) is 1. The average molecular weight is 361 g/mol. The Kier molecular flexibility index (Phi) is 5.08. The van der Waals surface area contributed by atoms with Crippen LogP contribution in [-0.4, -0.2) is 39.1 Å². The van der Waals surface area contributed by atoms with Crippen molar-refractivity contribution in [2.24, 2.45) is 0 Å². The molecule has 0 fully saturated rings. The second-order valence-corrected chi connectivity index (χ2v) is 6.91. The Morgan fingerprint density at radius 1 is 1.28 bits per heavy atom. The summed E-state index contributed by atoms with van der Waals surface area (Å²) < 4.78 is 1.64. The molecule has 0 spiro atoms. The van der Waals surface area contributed by atoms with Crippen LogP contribution in [0, 0.1) is 0 Å². The van der Waals surface area contributed by atoms with E-state index >= 15 is 0 Å². The molecule has 2 amide bonds. The molecular weight excluding hydrogens is 340 g/mol. The number of nitrogens with zero attached hydrogens (tertiary/aromatic N) is 3. The topological polar surface area (TPSA) is 67.2 Å². The second kappa shape index (κ2) is 7.27. The van der Waals surface area contributed by atoms with Crippen LogP contribution in [0.3, 0.4) is 0 Å². The van der Waals surface area contributed by atoms with Crippen LogP contribution >= 0.6 is 11.6 Å². The van der Waals surface area contributed by atoms with Crippen LogP contribution in [0.1, 0.15) is 46.8 Å². The first-order chi connectivity index (χ1) is 11.9. The lowest BCUT2D eigenvalue weighted by Gasteiger charge is -2.20. The first kappa shape index (κ1) is 17.5. The third kappa shape index (κ3) is 4.02. The predicted octanol–water partition coefficient (Wildman–Crippen LogP) is 2.72. The van der Waals surface area contributed by atoms with Gasteiger partial charge in [0.1, 0.15) is 5.69 Å². The van der Waals surface area contributed by atoms with Gasteiger partial charge in [0.15, 0.2) is 5.69 Å². The van der Waals surface area contributed by atoms with Crippen molar-refractivity contribution in [2.75, 3.05) is 6.54 Å². The molecule has 0 bridgehead atoms. The number of halogens is 1. The Hall–Kier alpha value is -2.34. The van der Waals surface area contributed by atoms with Gasteiger partial charge < -0.3 is 10.2 Å². The SMILES string of the molecule is CC(C)NC(=O)c1cc2n(n1)CCCN(Cc1ccc(Cl)cc1)C2=O. The Bertz CT molecular complexity index is 783. The molecule has 0 unspecified atom stereocenters. The van der Waals surface area contributed by atoms with E-state index in [1.165, 1.54) is 0 Å². The van der Waals surface area contributed by atoms with E-state index in [1.54, 1.807) is 15.6 Å². The van der Waals surface area contributed by atoms with Gasteiger partial charge in [0.25, 0.3) is 11.8 Å². The minimum Gasteiger partial charge on any atom is -0.348 e. The Labute approximate surface area is 151 Å². The summed E-state index contributed by atoms with van der Waals surface area (Å²) in [5, 5.41) is 7.78. The fourth-order valence-corrected chi connectivity index (χ4v) is 2.97. The number of carbonyl (C=O) groups excluding carboxylic acids is 2. The molecule has 7 heteroatoms. The summed E-state index contributed by atoms with van der Waals surface area (Å²) >= 11 is 5.91. The van der Waals surface area contributed by atoms with Crippen LogP contribution < -0.4 is 5.32 Å². The normalized spacial score (nSPS) is 14.4. The zero-order valence-electron chi connectivity index (χ0n) is 14.3. The Morgan fingerprint density at radius 3 is 2.68 bits per heavy atom. The zero-order chi connectivity index (χ0) is 18.0. The molecule has 25 heavy (non-hydrogen) atoms. The second-order valence-electron chi connectivity index (χ2n) is 6.47. The van der Waals surface area contributed by atoms with Crippen LogP contribution in [0.25, 0.3) is 0 Å². The Morgan fingerprint density at radius 2 is 2.00 bits per heavy atom. The molecule has 0 atom stereocenters. The van der Waals surface area contributed by atoms with Crippen molar-refractivity contribution in [3.05, 3.63) is 52.3 Å². The number of amides is 2. The summed E-state index contributed by atoms with van der Waals surface area (Å²) in [6.45, 7) is 5.55. The molecule has 1 aromatic carbocycles. The molecule has 1 N–H and O–H groups in total. The van der Waals surface area contributed by atoms with E-state index in [4.69, 9.17) is 11.6 Å². The monoisotopic (exact) mass is 360 g/mol. The van der Waals surface area contributed by atoms with Gasteiger partial charge in [0, 0.05) is 36.8 Å². The van der Waals surface area contributed by atoms with Crippen LogP contribution in [0.4, 0.5) is 0 Å². The maximum atomic E-state index is 12.9. The molecule has 0 saturated heterocycles. The zero-order valence-corrected chi connectivity index (χ0v) is 15.1. The third-order valence-electron chi connectivity index (χ3n) is 4.02. The smallest absolute Gasteiger partial charge is 0.272 e. The highest BCUT2D eigenvalue weighted by atomic mass is 35.5. The summed E-state index contributed by atoms with van der Waals surface area (Å²) in [7, 11) is 0. The van der Waals surface area contributed by atoms with Crippen LogP contribution in [0.15, 0.2) is 30.3 Å². The number of hydrogen-bond donors (Lipinski definition) is 1. The van der Waals surface area contributed by atoms with E-state index in [9.17, 15) is 9.59 Å². The summed E-state index contributed by atoms with van der Waals surface area (Å²) in [4.78, 5) is 26.8. The summed E-state index contributed by atoms with van der Waals surface area (Å²) in [6.07, 6.45) is 0.791. The number of fused-ring (bicyclic) bond motifs is 1. The van der Waals surface area contributed by atoms with Gasteiger partial charge in [-0.2, -0.15) is 5.10 Å². The van der Waals surface area contributed by atoms with Crippen LogP contribution in [0.5, 0.6) is 0 Å². The summed E-state index contributed by atoms with van der Waals surface area (Å²) in [6, 6.07) is 9.07. The highest BCUT2D eigenvalue weighted by molar-refractivity contribution is 6.30. The largest absolute Gasteiger partial charge is 0.348 e. The van der Waals surface area contributed by atoms with Gasteiger partial charge in [-0.05, 0) is 38.0 Å². The molecule has 0 saturated carbocycles. The van der Waals surface area contributed by atoms with E-state index in [0.29, 0.717) is 30.4 Å². The maximum Gasteiger partial charge on any atom is 0.272 e. The van der Waals surface area contributed by atoms with Gasteiger partial charge in [-0.1, -0.05) is 23.7 Å². The number of benzene rings is 1. The number of aromatic nitrogens is 2. The molecular formula is C18H21ClN4O2. The quantitative estimate of drug-likeness (QED) is 0.911. The fraction of sp³-hybridized carbons (Fsp3) is 0.389. The lowest BCUT2D eigenvalue weighted by molar-refractivity contribution is 0.0745. The standard InChI is InChI=1S/C18H21ClN4O2/c1-12(2)20-17(24)15-10-16-18(25)22(8-3-9-23(16)21-15)11-13-4-6-14(19)7-5-13/h4-7,10,12H,3,8-9,11H2,1-2H3,(H,20,24). The van der Waals surface area contributed by atoms with Crippen molar-refractivity contribution in [2.45, 2.75) is 39.4 Å². The van der Waals surface area contributed by atoms with Crippen LogP contribution in [0.2, 0.25) is 5.02 Å². The van der Waals surface area contributed by atoms with Crippen molar-refractivity contribution in [1.82, 2.24) is 20.0 Å². The van der Waals surface area contributed by atoms with Gasteiger partial charge in [0.2, 0.25) is 0 Å². The molecule has 1 aliphatic rings. The fourth-order valence-electron chi connectivity index (χ4n) is 2.84. The molecule has 2 aromatic rings. The third-order valence-corrected chi connectivity index (χ3v) is 4.28. The molecule has 0 radical (unpaired) electrons. The minimum absolute atomic E-state index is 0.0195. The van der Waals surface area contributed by atoms with E-state index in [1.807, 2.05) is 38.1 Å². The average Bonchev–Trinajstić information content (AvgIpc) is 2.93. The van der Waals surface area contributed by atoms with E-state index in [2.05, 4.69) is 10.4 Å². The first-order valence-corrected chi connectivity index (χ1v) is 8.74. The van der Waals surface area contributed by atoms with E-state index in [0.717, 1.165) is 12.0 Å². The number of hydrogen-bond acceptors (Lipinski definition) is 3. The molecule has 6 nitrogen and oxygen atoms in total. The van der Waals surface area contributed by atoms with Crippen molar-refractivity contribution in [1.29, 1.82) is 0 Å². The van der Waals surface area contributed by atoms with Crippen molar-refractivity contribution in [3.8, 4) is 0 Å². The summed E-state index contributed by atoms with van der Waals surface area (Å²) in [5.74, 6) is -0.365. The molecule has 3 rings (SSSR count). The number of carbonyl (C=O) groups is 2. The van der Waals surface area contributed by atoms with Gasteiger partial charge >= 0.3 is 0 Å². The van der Waals surface area contributed by atoms with E-state index < -0.39 is 0 Å². The van der Waals surface area contributed by atoms with Gasteiger partial charge in [0.05, 0.1) is 0 Å². The van der Waals surface area contributed by atoms with Crippen molar-refractivity contribution < 1.29 is 9.59 Å². The lowest BCUT2D eigenvalue weighted by atomic mass is 10.2. The van der Waals surface area contributed by atoms with Gasteiger partial charge in [-0.3, -0.25) is 14.3 Å².